The molecule has 1 amide bonds. The first kappa shape index (κ1) is 21.6. The number of hydrogen-bond donors (Lipinski definition) is 1. The van der Waals surface area contributed by atoms with Crippen LogP contribution in [0.1, 0.15) is 18.4 Å². The highest BCUT2D eigenvalue weighted by Crippen LogP contribution is 2.33. The Kier molecular flexibility index (Phi) is 7.04. The Balaban J connectivity index is 1.41. The number of amides is 1. The van der Waals surface area contributed by atoms with E-state index in [0.29, 0.717) is 13.1 Å². The molecule has 1 N–H and O–H groups in total. The Morgan fingerprint density at radius 3 is 2.81 bits per heavy atom. The number of anilines is 1. The molecule has 1 aliphatic rings. The summed E-state index contributed by atoms with van der Waals surface area (Å²) in [7, 11) is 0. The quantitative estimate of drug-likeness (QED) is 0.568. The summed E-state index contributed by atoms with van der Waals surface area (Å²) in [6.45, 7) is 1.73. The fourth-order valence-electron chi connectivity index (χ4n) is 3.57. The van der Waals surface area contributed by atoms with Crippen LogP contribution < -0.4 is 10.2 Å². The molecule has 3 aromatic rings. The lowest BCUT2D eigenvalue weighted by Crippen LogP contribution is -2.43. The fraction of sp³-hybridized carbons (Fsp3) is 0.261. The summed E-state index contributed by atoms with van der Waals surface area (Å²) in [5, 5.41) is 3.84. The second-order valence-electron chi connectivity index (χ2n) is 7.35. The van der Waals surface area contributed by atoms with Crippen molar-refractivity contribution in [2.75, 3.05) is 18.0 Å². The van der Waals surface area contributed by atoms with Crippen LogP contribution in [0.3, 0.4) is 0 Å². The summed E-state index contributed by atoms with van der Waals surface area (Å²) >= 11 is 7.40. The standard InChI is InChI=1S/C23H22ClFN4OS/c24-19-13-16(8-9-20(19)25)14-28-22(30)17-5-4-12-29(15-17)21-23(27-11-10-26-21)31-18-6-2-1-3-7-18/h1-3,6-11,13,17H,4-5,12,14-15H2,(H,28,30)/t17-/m1/s1. The minimum Gasteiger partial charge on any atom is -0.354 e. The first-order valence-electron chi connectivity index (χ1n) is 10.1. The zero-order valence-corrected chi connectivity index (χ0v) is 18.4. The highest BCUT2D eigenvalue weighted by atomic mass is 35.5. The maximum absolute atomic E-state index is 13.3. The van der Waals surface area contributed by atoms with Crippen molar-refractivity contribution in [1.82, 2.24) is 15.3 Å². The van der Waals surface area contributed by atoms with Crippen molar-refractivity contribution in [2.45, 2.75) is 29.3 Å². The number of nitrogens with one attached hydrogen (secondary N) is 1. The Hall–Kier alpha value is -2.64. The van der Waals surface area contributed by atoms with Crippen LogP contribution in [0.2, 0.25) is 5.02 Å². The molecule has 0 unspecified atom stereocenters. The lowest BCUT2D eigenvalue weighted by atomic mass is 9.97. The Morgan fingerprint density at radius 2 is 2.00 bits per heavy atom. The predicted octanol–water partition coefficient (Wildman–Crippen LogP) is 4.95. The number of carbonyl (C=O) groups is 1. The number of piperidine rings is 1. The molecule has 0 saturated carbocycles. The summed E-state index contributed by atoms with van der Waals surface area (Å²) in [6, 6.07) is 14.5. The van der Waals surface area contributed by atoms with Crippen molar-refractivity contribution < 1.29 is 9.18 Å². The van der Waals surface area contributed by atoms with Gasteiger partial charge in [0.05, 0.1) is 10.9 Å². The van der Waals surface area contributed by atoms with E-state index in [1.54, 1.807) is 30.2 Å². The third-order valence-electron chi connectivity index (χ3n) is 5.15. The van der Waals surface area contributed by atoms with E-state index in [0.717, 1.165) is 40.7 Å². The molecule has 2 aromatic carbocycles. The van der Waals surface area contributed by atoms with Crippen molar-refractivity contribution in [3.63, 3.8) is 0 Å². The van der Waals surface area contributed by atoms with Gasteiger partial charge in [-0.25, -0.2) is 14.4 Å². The molecule has 0 radical (unpaired) electrons. The van der Waals surface area contributed by atoms with Crippen molar-refractivity contribution >= 4 is 35.1 Å². The van der Waals surface area contributed by atoms with E-state index in [1.165, 1.54) is 12.1 Å². The normalized spacial score (nSPS) is 16.2. The summed E-state index contributed by atoms with van der Waals surface area (Å²) in [5.41, 5.74) is 0.767. The molecule has 1 aliphatic heterocycles. The molecule has 1 fully saturated rings. The molecular weight excluding hydrogens is 435 g/mol. The maximum Gasteiger partial charge on any atom is 0.225 e. The smallest absolute Gasteiger partial charge is 0.225 e. The van der Waals surface area contributed by atoms with E-state index >= 15 is 0 Å². The van der Waals surface area contributed by atoms with Gasteiger partial charge in [-0.05, 0) is 42.7 Å². The minimum atomic E-state index is -0.465. The average molecular weight is 457 g/mol. The number of rotatable bonds is 6. The third-order valence-corrected chi connectivity index (χ3v) is 6.43. The van der Waals surface area contributed by atoms with Crippen LogP contribution in [0.4, 0.5) is 10.2 Å². The predicted molar refractivity (Wildman–Crippen MR) is 121 cm³/mol. The zero-order chi connectivity index (χ0) is 21.6. The molecule has 4 rings (SSSR count). The van der Waals surface area contributed by atoms with E-state index in [-0.39, 0.29) is 16.8 Å². The third kappa shape index (κ3) is 5.54. The van der Waals surface area contributed by atoms with Gasteiger partial charge in [0, 0.05) is 36.9 Å². The lowest BCUT2D eigenvalue weighted by molar-refractivity contribution is -0.125. The number of halogens is 2. The maximum atomic E-state index is 13.3. The van der Waals surface area contributed by atoms with Gasteiger partial charge in [0.1, 0.15) is 10.8 Å². The largest absolute Gasteiger partial charge is 0.354 e. The van der Waals surface area contributed by atoms with Crippen LogP contribution in [0, 0.1) is 11.7 Å². The molecule has 1 saturated heterocycles. The Morgan fingerprint density at radius 1 is 1.19 bits per heavy atom. The van der Waals surface area contributed by atoms with Gasteiger partial charge in [-0.3, -0.25) is 4.79 Å². The van der Waals surface area contributed by atoms with E-state index in [2.05, 4.69) is 20.2 Å². The van der Waals surface area contributed by atoms with E-state index in [9.17, 15) is 9.18 Å². The topological polar surface area (TPSA) is 58.1 Å². The van der Waals surface area contributed by atoms with Crippen LogP contribution in [0.5, 0.6) is 0 Å². The molecule has 31 heavy (non-hydrogen) atoms. The molecule has 1 atom stereocenters. The van der Waals surface area contributed by atoms with Gasteiger partial charge in [0.2, 0.25) is 5.91 Å². The number of nitrogens with zero attached hydrogens (tertiary/aromatic N) is 3. The summed E-state index contributed by atoms with van der Waals surface area (Å²) in [4.78, 5) is 25.1. The second kappa shape index (κ2) is 10.1. The van der Waals surface area contributed by atoms with E-state index in [4.69, 9.17) is 11.6 Å². The van der Waals surface area contributed by atoms with Gasteiger partial charge in [-0.1, -0.05) is 47.6 Å². The van der Waals surface area contributed by atoms with Crippen molar-refractivity contribution in [1.29, 1.82) is 0 Å². The second-order valence-corrected chi connectivity index (χ2v) is 8.82. The Labute approximate surface area is 190 Å². The molecule has 160 valence electrons. The Bertz CT molecular complexity index is 1050. The van der Waals surface area contributed by atoms with Crippen LogP contribution >= 0.6 is 23.4 Å². The van der Waals surface area contributed by atoms with Crippen LogP contribution in [0.15, 0.2) is 70.8 Å². The van der Waals surface area contributed by atoms with Gasteiger partial charge in [0.25, 0.3) is 0 Å². The summed E-state index contributed by atoms with van der Waals surface area (Å²) in [6.07, 6.45) is 5.09. The first-order chi connectivity index (χ1) is 15.1. The number of carbonyl (C=O) groups excluding carboxylic acids is 1. The van der Waals surface area contributed by atoms with Gasteiger partial charge in [0.15, 0.2) is 5.82 Å². The molecule has 1 aromatic heterocycles. The fourth-order valence-corrected chi connectivity index (χ4v) is 4.68. The molecule has 0 spiro atoms. The molecule has 8 heteroatoms. The van der Waals surface area contributed by atoms with Crippen LogP contribution in [-0.4, -0.2) is 29.0 Å². The number of benzene rings is 2. The molecule has 5 nitrogen and oxygen atoms in total. The van der Waals surface area contributed by atoms with Crippen molar-refractivity contribution in [2.24, 2.45) is 5.92 Å². The minimum absolute atomic E-state index is 0.0219. The van der Waals surface area contributed by atoms with Gasteiger partial charge in [-0.15, -0.1) is 0 Å². The lowest BCUT2D eigenvalue weighted by Gasteiger charge is -2.33. The van der Waals surface area contributed by atoms with Crippen LogP contribution in [-0.2, 0) is 11.3 Å². The highest BCUT2D eigenvalue weighted by molar-refractivity contribution is 7.99. The highest BCUT2D eigenvalue weighted by Gasteiger charge is 2.28. The van der Waals surface area contributed by atoms with E-state index < -0.39 is 5.82 Å². The number of hydrogen-bond acceptors (Lipinski definition) is 5. The monoisotopic (exact) mass is 456 g/mol. The molecule has 0 bridgehead atoms. The van der Waals surface area contributed by atoms with Gasteiger partial charge in [-0.2, -0.15) is 0 Å². The molecular formula is C23H22ClFN4OS. The average Bonchev–Trinajstić information content (AvgIpc) is 2.81. The zero-order valence-electron chi connectivity index (χ0n) is 16.8. The van der Waals surface area contributed by atoms with E-state index in [1.807, 2.05) is 30.3 Å². The van der Waals surface area contributed by atoms with Crippen LogP contribution in [0.25, 0.3) is 0 Å². The van der Waals surface area contributed by atoms with Gasteiger partial charge < -0.3 is 10.2 Å². The number of aromatic nitrogens is 2. The van der Waals surface area contributed by atoms with Crippen molar-refractivity contribution in [3.8, 4) is 0 Å². The van der Waals surface area contributed by atoms with Crippen molar-refractivity contribution in [3.05, 3.63) is 77.3 Å². The molecule has 0 aliphatic carbocycles. The van der Waals surface area contributed by atoms with Gasteiger partial charge >= 0.3 is 0 Å². The summed E-state index contributed by atoms with van der Waals surface area (Å²) in [5.74, 6) is 0.166. The SMILES string of the molecule is O=C(NCc1ccc(F)c(Cl)c1)[C@@H]1CCCN(c2nccnc2Sc2ccccc2)C1. The first-order valence-corrected chi connectivity index (χ1v) is 11.3. The molecule has 2 heterocycles. The summed E-state index contributed by atoms with van der Waals surface area (Å²) < 4.78 is 13.3.